The highest BCUT2D eigenvalue weighted by atomic mass is 16.6. The molecule has 4 rings (SSSR count). The van der Waals surface area contributed by atoms with Crippen LogP contribution in [0.3, 0.4) is 0 Å². The summed E-state index contributed by atoms with van der Waals surface area (Å²) in [6.45, 7) is 1.87. The van der Waals surface area contributed by atoms with Crippen LogP contribution in [0.5, 0.6) is 0 Å². The fourth-order valence-corrected chi connectivity index (χ4v) is 3.95. The third-order valence-corrected chi connectivity index (χ3v) is 5.32. The van der Waals surface area contributed by atoms with Gasteiger partial charge in [0.15, 0.2) is 0 Å². The largest absolute Gasteiger partial charge is 0.305 e. The number of rotatable bonds is 5. The maximum atomic E-state index is 11.4. The van der Waals surface area contributed by atoms with Crippen molar-refractivity contribution in [2.75, 3.05) is 25.6 Å². The average molecular weight is 381 g/mol. The van der Waals surface area contributed by atoms with Gasteiger partial charge in [-0.15, -0.1) is 0 Å². The molecule has 0 amide bonds. The Labute approximate surface area is 160 Å². The average Bonchev–Trinajstić information content (AvgIpc) is 2.99. The number of hydrazine groups is 1. The van der Waals surface area contributed by atoms with E-state index in [0.29, 0.717) is 5.92 Å². The molecule has 9 heteroatoms. The van der Waals surface area contributed by atoms with Crippen molar-refractivity contribution >= 4 is 22.8 Å². The van der Waals surface area contributed by atoms with Gasteiger partial charge in [0.2, 0.25) is 0 Å². The zero-order chi connectivity index (χ0) is 19.8. The number of piperidine rings is 1. The summed E-state index contributed by atoms with van der Waals surface area (Å²) >= 11 is 0. The Balaban J connectivity index is 1.65. The minimum atomic E-state index is -0.648. The van der Waals surface area contributed by atoms with E-state index in [1.165, 1.54) is 23.3 Å². The zero-order valence-corrected chi connectivity index (χ0v) is 15.2. The number of hydrogen-bond acceptors (Lipinski definition) is 7. The quantitative estimate of drug-likeness (QED) is 0.603. The van der Waals surface area contributed by atoms with E-state index in [1.807, 2.05) is 18.2 Å². The molecule has 28 heavy (non-hydrogen) atoms. The van der Waals surface area contributed by atoms with Crippen LogP contribution in [-0.4, -0.2) is 34.9 Å². The van der Waals surface area contributed by atoms with Crippen molar-refractivity contribution in [3.63, 3.8) is 0 Å². The molecule has 0 saturated carbocycles. The van der Waals surface area contributed by atoms with E-state index in [-0.39, 0.29) is 17.1 Å². The van der Waals surface area contributed by atoms with Crippen molar-refractivity contribution < 1.29 is 9.85 Å². The summed E-state index contributed by atoms with van der Waals surface area (Å²) in [5.41, 5.74) is 10.1. The first-order valence-corrected chi connectivity index (χ1v) is 8.91. The van der Waals surface area contributed by atoms with Gasteiger partial charge in [0.1, 0.15) is 5.69 Å². The molecule has 1 heterocycles. The molecule has 0 spiro atoms. The molecule has 1 saturated heterocycles. The first-order chi connectivity index (χ1) is 13.5. The molecule has 1 aliphatic heterocycles. The van der Waals surface area contributed by atoms with Gasteiger partial charge in [-0.05, 0) is 30.7 Å². The van der Waals surface area contributed by atoms with Crippen LogP contribution in [0.2, 0.25) is 0 Å². The lowest BCUT2D eigenvalue weighted by Gasteiger charge is -2.30. The van der Waals surface area contributed by atoms with Crippen LogP contribution in [0.1, 0.15) is 23.5 Å². The highest BCUT2D eigenvalue weighted by Gasteiger charge is 2.34. The van der Waals surface area contributed by atoms with Crippen LogP contribution in [0, 0.1) is 20.2 Å². The van der Waals surface area contributed by atoms with E-state index in [4.69, 9.17) is 0 Å². The highest BCUT2D eigenvalue weighted by molar-refractivity contribution is 5.79. The fourth-order valence-electron chi connectivity index (χ4n) is 3.95. The van der Waals surface area contributed by atoms with Gasteiger partial charge in [-0.2, -0.15) is 0 Å². The minimum absolute atomic E-state index is 0.178. The lowest BCUT2D eigenvalue weighted by molar-refractivity contribution is -0.393. The lowest BCUT2D eigenvalue weighted by atomic mass is 9.90. The number of anilines is 1. The van der Waals surface area contributed by atoms with Gasteiger partial charge in [-0.25, -0.2) is 0 Å². The van der Waals surface area contributed by atoms with E-state index in [9.17, 15) is 20.2 Å². The monoisotopic (exact) mass is 381 g/mol. The molecule has 0 unspecified atom stereocenters. The summed E-state index contributed by atoms with van der Waals surface area (Å²) < 4.78 is 0. The molecule has 0 radical (unpaired) electrons. The normalized spacial score (nSPS) is 18.4. The molecule has 1 atom stereocenters. The van der Waals surface area contributed by atoms with Gasteiger partial charge in [0.25, 0.3) is 5.69 Å². The van der Waals surface area contributed by atoms with Crippen LogP contribution in [-0.2, 0) is 0 Å². The van der Waals surface area contributed by atoms with Gasteiger partial charge >= 0.3 is 5.69 Å². The maximum Gasteiger partial charge on any atom is 0.300 e. The summed E-state index contributed by atoms with van der Waals surface area (Å²) in [5, 5.41) is 22.3. The van der Waals surface area contributed by atoms with Crippen molar-refractivity contribution in [2.24, 2.45) is 0 Å². The topological polar surface area (TPSA) is 114 Å². The number of nitrogens with zero attached hydrogens (tertiary/aromatic N) is 3. The van der Waals surface area contributed by atoms with Crippen LogP contribution < -0.4 is 10.9 Å². The number of hydrogen-bond donors (Lipinski definition) is 2. The standard InChI is InChI=1S/C19H19N5O4/c1-22-9-8-15-16(11-22)13-4-2-3-5-14(13)19(15)21-20-17-7-6-12(23(25)26)10-18(17)24(27)28/h2-7,10,16,20-21H,8-9,11H2,1H3/t16-/m0/s1. The summed E-state index contributed by atoms with van der Waals surface area (Å²) in [5.74, 6) is 0.297. The molecule has 1 aliphatic carbocycles. The molecule has 0 aromatic heterocycles. The Morgan fingerprint density at radius 2 is 1.86 bits per heavy atom. The number of nitrogens with one attached hydrogen (secondary N) is 2. The van der Waals surface area contributed by atoms with Crippen LogP contribution in [0.25, 0.3) is 5.70 Å². The Morgan fingerprint density at radius 3 is 2.61 bits per heavy atom. The van der Waals surface area contributed by atoms with Gasteiger partial charge in [-0.1, -0.05) is 24.3 Å². The molecule has 2 aliphatic rings. The van der Waals surface area contributed by atoms with E-state index in [0.717, 1.165) is 36.8 Å². The van der Waals surface area contributed by atoms with Crippen molar-refractivity contribution in [2.45, 2.75) is 12.3 Å². The van der Waals surface area contributed by atoms with Crippen LogP contribution in [0.15, 0.2) is 48.0 Å². The first kappa shape index (κ1) is 17.9. The van der Waals surface area contributed by atoms with Crippen molar-refractivity contribution in [1.29, 1.82) is 0 Å². The number of nitro groups is 2. The van der Waals surface area contributed by atoms with E-state index in [2.05, 4.69) is 28.9 Å². The molecular weight excluding hydrogens is 362 g/mol. The Morgan fingerprint density at radius 1 is 1.07 bits per heavy atom. The third kappa shape index (κ3) is 3.05. The second-order valence-corrected chi connectivity index (χ2v) is 7.02. The summed E-state index contributed by atoms with van der Waals surface area (Å²) in [6, 6.07) is 11.7. The lowest BCUT2D eigenvalue weighted by Crippen LogP contribution is -2.32. The van der Waals surface area contributed by atoms with E-state index in [1.54, 1.807) is 0 Å². The van der Waals surface area contributed by atoms with Gasteiger partial charge in [-0.3, -0.25) is 25.7 Å². The first-order valence-electron chi connectivity index (χ1n) is 8.91. The predicted molar refractivity (Wildman–Crippen MR) is 105 cm³/mol. The van der Waals surface area contributed by atoms with Gasteiger partial charge < -0.3 is 10.3 Å². The number of non-ortho nitro benzene ring substituents is 1. The molecular formula is C19H19N5O4. The molecule has 0 bridgehead atoms. The Kier molecular flexibility index (Phi) is 4.44. The van der Waals surface area contributed by atoms with E-state index < -0.39 is 9.85 Å². The number of benzene rings is 2. The SMILES string of the molecule is CN1CCC2=C(NNc3ccc([N+](=O)[O-])cc3[N+](=O)[O-])c3ccccc3[C@@H]2C1. The number of likely N-dealkylation sites (N-methyl/N-ethyl adjacent to an activating group) is 1. The molecule has 1 fully saturated rings. The number of likely N-dealkylation sites (tertiary alicyclic amines) is 1. The van der Waals surface area contributed by atoms with Crippen LogP contribution >= 0.6 is 0 Å². The fraction of sp³-hybridized carbons (Fsp3) is 0.263. The van der Waals surface area contributed by atoms with Crippen molar-refractivity contribution in [1.82, 2.24) is 10.3 Å². The second kappa shape index (κ2) is 6.93. The van der Waals surface area contributed by atoms with Crippen LogP contribution in [0.4, 0.5) is 17.1 Å². The van der Waals surface area contributed by atoms with Crippen molar-refractivity contribution in [3.05, 3.63) is 79.4 Å². The Hall–Kier alpha value is -3.46. The summed E-state index contributed by atoms with van der Waals surface area (Å²) in [4.78, 5) is 23.3. The molecule has 144 valence electrons. The smallest absolute Gasteiger partial charge is 0.300 e. The summed E-state index contributed by atoms with van der Waals surface area (Å²) in [7, 11) is 2.10. The molecule has 2 aromatic rings. The number of fused-ring (bicyclic) bond motifs is 3. The third-order valence-electron chi connectivity index (χ3n) is 5.32. The van der Waals surface area contributed by atoms with Crippen molar-refractivity contribution in [3.8, 4) is 0 Å². The molecule has 2 aromatic carbocycles. The van der Waals surface area contributed by atoms with E-state index >= 15 is 0 Å². The second-order valence-electron chi connectivity index (χ2n) is 7.02. The van der Waals surface area contributed by atoms with Gasteiger partial charge in [0, 0.05) is 30.6 Å². The summed E-state index contributed by atoms with van der Waals surface area (Å²) in [6.07, 6.45) is 0.905. The Bertz CT molecular complexity index is 1000. The molecule has 2 N–H and O–H groups in total. The zero-order valence-electron chi connectivity index (χ0n) is 15.2. The highest BCUT2D eigenvalue weighted by Crippen LogP contribution is 2.44. The molecule has 9 nitrogen and oxygen atoms in total. The number of nitro benzene ring substituents is 2. The minimum Gasteiger partial charge on any atom is -0.305 e. The predicted octanol–water partition coefficient (Wildman–Crippen LogP) is 3.26. The maximum absolute atomic E-state index is 11.4. The van der Waals surface area contributed by atoms with Gasteiger partial charge in [0.05, 0.1) is 21.6 Å².